The molecule has 0 bridgehead atoms. The van der Waals surface area contributed by atoms with E-state index >= 15 is 0 Å². The highest BCUT2D eigenvalue weighted by Crippen LogP contribution is 2.55. The first-order valence-corrected chi connectivity index (χ1v) is 20.5. The van der Waals surface area contributed by atoms with E-state index in [4.69, 9.17) is 4.42 Å². The third-order valence-electron chi connectivity index (χ3n) is 13.7. The summed E-state index contributed by atoms with van der Waals surface area (Å²) in [4.78, 5) is 0. The Morgan fingerprint density at radius 1 is 0.696 bits per heavy atom. The van der Waals surface area contributed by atoms with Gasteiger partial charge in [0.1, 0.15) is 5.58 Å². The summed E-state index contributed by atoms with van der Waals surface area (Å²) >= 11 is 0. The molecule has 6 aromatic carbocycles. The lowest BCUT2D eigenvalue weighted by Crippen LogP contribution is -2.17. The first-order valence-electron chi connectivity index (χ1n) is 20.5. The molecule has 2 nitrogen and oxygen atoms in total. The highest BCUT2D eigenvalue weighted by Gasteiger charge is 2.42. The van der Waals surface area contributed by atoms with E-state index < -0.39 is 0 Å². The van der Waals surface area contributed by atoms with Crippen LogP contribution in [0.3, 0.4) is 0 Å². The summed E-state index contributed by atoms with van der Waals surface area (Å²) in [6.07, 6.45) is 15.2. The third-order valence-corrected chi connectivity index (χ3v) is 13.7. The number of hydrogen-bond acceptors (Lipinski definition) is 1. The Hall–Kier alpha value is -6.12. The molecule has 56 heavy (non-hydrogen) atoms. The van der Waals surface area contributed by atoms with Crippen molar-refractivity contribution < 1.29 is 4.42 Å². The predicted molar refractivity (Wildman–Crippen MR) is 234 cm³/mol. The number of nitrogens with zero attached hydrogens (tertiary/aromatic N) is 1. The van der Waals surface area contributed by atoms with Crippen molar-refractivity contribution in [2.24, 2.45) is 0 Å². The van der Waals surface area contributed by atoms with Crippen molar-refractivity contribution in [1.29, 1.82) is 0 Å². The fourth-order valence-electron chi connectivity index (χ4n) is 11.1. The topological polar surface area (TPSA) is 18.1 Å². The molecule has 2 aromatic heterocycles. The molecule has 12 rings (SSSR count). The lowest BCUT2D eigenvalue weighted by molar-refractivity contribution is 0.612. The average molecular weight is 722 g/mol. The molecule has 0 N–H and O–H groups in total. The molecule has 2 unspecified atom stereocenters. The van der Waals surface area contributed by atoms with Crippen LogP contribution >= 0.6 is 0 Å². The minimum atomic E-state index is -0.0740. The summed E-state index contributed by atoms with van der Waals surface area (Å²) in [7, 11) is 0. The average Bonchev–Trinajstić information content (AvgIpc) is 3.83. The van der Waals surface area contributed by atoms with Gasteiger partial charge in [-0.15, -0.1) is 0 Å². The van der Waals surface area contributed by atoms with E-state index in [1.807, 2.05) is 0 Å². The van der Waals surface area contributed by atoms with E-state index in [0.29, 0.717) is 11.8 Å². The minimum Gasteiger partial charge on any atom is -0.454 e. The summed E-state index contributed by atoms with van der Waals surface area (Å²) < 4.78 is 9.23. The van der Waals surface area contributed by atoms with Gasteiger partial charge in [-0.1, -0.05) is 147 Å². The van der Waals surface area contributed by atoms with E-state index in [1.54, 1.807) is 5.57 Å². The highest BCUT2D eigenvalue weighted by atomic mass is 16.3. The summed E-state index contributed by atoms with van der Waals surface area (Å²) in [5, 5.41) is 6.33. The molecule has 0 radical (unpaired) electrons. The molecule has 270 valence electrons. The van der Waals surface area contributed by atoms with Gasteiger partial charge in [-0.2, -0.15) is 0 Å². The van der Waals surface area contributed by atoms with Gasteiger partial charge in [0.05, 0.1) is 16.9 Å². The van der Waals surface area contributed by atoms with Gasteiger partial charge in [0.15, 0.2) is 5.58 Å². The Labute approximate surface area is 327 Å². The number of furan rings is 1. The third kappa shape index (κ3) is 4.56. The molecule has 0 saturated heterocycles. The van der Waals surface area contributed by atoms with Crippen LogP contribution in [-0.2, 0) is 5.41 Å². The molecule has 2 atom stereocenters. The molecule has 8 aromatic rings. The van der Waals surface area contributed by atoms with Gasteiger partial charge in [0.2, 0.25) is 0 Å². The second-order valence-electron chi connectivity index (χ2n) is 17.0. The Kier molecular flexibility index (Phi) is 6.86. The SMILES string of the molecule is CC1(C)C2=C(C=CCC2)c2c1c1cc(C3C=CC4=C(C3)c3ccccc3C(c3ccc5ccccc5c3)CC4)ccc1n2-c1cccc2c1oc1ccccc12. The van der Waals surface area contributed by atoms with Crippen molar-refractivity contribution in [2.45, 2.75) is 63.2 Å². The lowest BCUT2D eigenvalue weighted by atomic mass is 9.77. The van der Waals surface area contributed by atoms with Crippen LogP contribution in [0.15, 0.2) is 167 Å². The zero-order chi connectivity index (χ0) is 37.1. The van der Waals surface area contributed by atoms with Crippen molar-refractivity contribution in [1.82, 2.24) is 4.57 Å². The van der Waals surface area contributed by atoms with E-state index in [1.165, 1.54) is 82.7 Å². The van der Waals surface area contributed by atoms with E-state index in [-0.39, 0.29) is 5.41 Å². The number of rotatable bonds is 3. The number of fused-ring (bicyclic) bond motifs is 10. The maximum atomic E-state index is 6.70. The van der Waals surface area contributed by atoms with E-state index in [2.05, 4.69) is 170 Å². The molecule has 2 heterocycles. The van der Waals surface area contributed by atoms with Crippen LogP contribution in [0.5, 0.6) is 0 Å². The quantitative estimate of drug-likeness (QED) is 0.178. The summed E-state index contributed by atoms with van der Waals surface area (Å²) in [5.74, 6) is 0.672. The lowest BCUT2D eigenvalue weighted by Gasteiger charge is -2.26. The zero-order valence-electron chi connectivity index (χ0n) is 32.0. The van der Waals surface area contributed by atoms with Crippen molar-refractivity contribution in [3.8, 4) is 5.69 Å². The predicted octanol–water partition coefficient (Wildman–Crippen LogP) is 14.5. The second-order valence-corrected chi connectivity index (χ2v) is 17.0. The highest BCUT2D eigenvalue weighted by molar-refractivity contribution is 6.09. The summed E-state index contributed by atoms with van der Waals surface area (Å²) in [5.41, 5.74) is 18.7. The Bertz CT molecular complexity index is 3100. The molecule has 2 heteroatoms. The summed E-state index contributed by atoms with van der Waals surface area (Å²) in [6.45, 7) is 4.91. The monoisotopic (exact) mass is 721 g/mol. The van der Waals surface area contributed by atoms with Gasteiger partial charge in [0.25, 0.3) is 0 Å². The van der Waals surface area contributed by atoms with Crippen LogP contribution in [-0.4, -0.2) is 4.57 Å². The number of para-hydroxylation sites is 2. The molecule has 4 aliphatic carbocycles. The summed E-state index contributed by atoms with van der Waals surface area (Å²) in [6, 6.07) is 47.6. The minimum absolute atomic E-state index is 0.0740. The van der Waals surface area contributed by atoms with Gasteiger partial charge in [-0.05, 0) is 112 Å². The molecule has 0 fully saturated rings. The molecule has 0 spiro atoms. The van der Waals surface area contributed by atoms with Crippen LogP contribution in [0.25, 0.3) is 60.4 Å². The Morgan fingerprint density at radius 3 is 2.46 bits per heavy atom. The normalized spacial score (nSPS) is 19.8. The fraction of sp³-hybridized carbons (Fsp3) is 0.185. The van der Waals surface area contributed by atoms with Gasteiger partial charge in [-0.25, -0.2) is 0 Å². The van der Waals surface area contributed by atoms with Gasteiger partial charge in [-0.3, -0.25) is 0 Å². The van der Waals surface area contributed by atoms with Crippen molar-refractivity contribution in [2.75, 3.05) is 0 Å². The number of benzene rings is 6. The largest absolute Gasteiger partial charge is 0.454 e. The van der Waals surface area contributed by atoms with Crippen LogP contribution < -0.4 is 0 Å². The Balaban J connectivity index is 0.987. The zero-order valence-corrected chi connectivity index (χ0v) is 32.0. The first kappa shape index (κ1) is 32.2. The molecule has 0 saturated carbocycles. The number of hydrogen-bond donors (Lipinski definition) is 0. The molecule has 4 aliphatic rings. The van der Waals surface area contributed by atoms with E-state index in [9.17, 15) is 0 Å². The molecule has 0 amide bonds. The van der Waals surface area contributed by atoms with Gasteiger partial charge >= 0.3 is 0 Å². The second kappa shape index (κ2) is 11.9. The van der Waals surface area contributed by atoms with Crippen LogP contribution in [0.4, 0.5) is 0 Å². The smallest absolute Gasteiger partial charge is 0.159 e. The molecule has 0 aliphatic heterocycles. The maximum absolute atomic E-state index is 6.70. The van der Waals surface area contributed by atoms with Crippen LogP contribution in [0.2, 0.25) is 0 Å². The fourth-order valence-corrected chi connectivity index (χ4v) is 11.1. The van der Waals surface area contributed by atoms with Gasteiger partial charge < -0.3 is 8.98 Å². The van der Waals surface area contributed by atoms with Crippen LogP contribution in [0.1, 0.15) is 91.3 Å². The molecular formula is C54H43NO. The maximum Gasteiger partial charge on any atom is 0.159 e. The first-order chi connectivity index (χ1) is 27.5. The molecular weight excluding hydrogens is 679 g/mol. The number of allylic oxidation sites excluding steroid dienone is 8. The van der Waals surface area contributed by atoms with Gasteiger partial charge in [0, 0.05) is 33.4 Å². The van der Waals surface area contributed by atoms with Crippen LogP contribution in [0, 0.1) is 0 Å². The van der Waals surface area contributed by atoms with E-state index in [0.717, 1.165) is 49.0 Å². The van der Waals surface area contributed by atoms with Crippen molar-refractivity contribution in [3.63, 3.8) is 0 Å². The van der Waals surface area contributed by atoms with Crippen molar-refractivity contribution in [3.05, 3.63) is 196 Å². The standard InChI is InChI=1S/C54H43NO/c1-54(2)47-19-9-7-17-44(47)52-51(54)46-32-37(27-29-48(46)55(52)49-20-11-18-43-42-16-8-10-21-50(42)56-53(43)49)36-24-23-34-26-28-39(40-14-5-6-15-41(40)45(34)31-36)38-25-22-33-12-3-4-13-35(33)30-38/h3-8,10-18,20-25,27,29-30,32,36,39H,9,19,26,28,31H2,1-2H3. The number of aromatic nitrogens is 1. The van der Waals surface area contributed by atoms with Crippen molar-refractivity contribution >= 4 is 54.8 Å². The Morgan fingerprint density at radius 2 is 1.52 bits per heavy atom.